The van der Waals surface area contributed by atoms with Crippen LogP contribution in [-0.4, -0.2) is 55.7 Å². The van der Waals surface area contributed by atoms with Crippen LogP contribution in [0, 0.1) is 6.92 Å². The van der Waals surface area contributed by atoms with E-state index in [-0.39, 0.29) is 29.1 Å². The van der Waals surface area contributed by atoms with Crippen LogP contribution < -0.4 is 4.72 Å². The Labute approximate surface area is 188 Å². The highest BCUT2D eigenvalue weighted by Gasteiger charge is 2.26. The lowest BCUT2D eigenvalue weighted by Crippen LogP contribution is -2.40. The molecule has 1 aliphatic heterocycles. The van der Waals surface area contributed by atoms with E-state index in [1.54, 1.807) is 36.1 Å². The zero-order valence-electron chi connectivity index (χ0n) is 16.5. The normalized spacial score (nSPS) is 14.7. The molecule has 3 heterocycles. The molecule has 0 saturated carbocycles. The fourth-order valence-electron chi connectivity index (χ4n) is 3.01. The first-order chi connectivity index (χ1) is 14.8. The van der Waals surface area contributed by atoms with Crippen molar-refractivity contribution in [1.29, 1.82) is 0 Å². The summed E-state index contributed by atoms with van der Waals surface area (Å²) in [4.78, 5) is 19.4. The molecule has 1 amide bonds. The highest BCUT2D eigenvalue weighted by molar-refractivity contribution is 7.89. The van der Waals surface area contributed by atoms with Crippen molar-refractivity contribution in [3.05, 3.63) is 51.7 Å². The Hall–Kier alpha value is -2.31. The minimum Gasteiger partial charge on any atom is -0.378 e. The number of nitrogens with zero attached hydrogens (tertiary/aromatic N) is 3. The van der Waals surface area contributed by atoms with Crippen LogP contribution >= 0.6 is 22.9 Å². The zero-order chi connectivity index (χ0) is 22.0. The molecular weight excluding hydrogens is 464 g/mol. The molecule has 1 aliphatic rings. The van der Waals surface area contributed by atoms with Gasteiger partial charge in [-0.1, -0.05) is 28.9 Å². The Balaban J connectivity index is 1.50. The number of aryl methyl sites for hydroxylation is 1. The first-order valence-electron chi connectivity index (χ1n) is 9.39. The van der Waals surface area contributed by atoms with E-state index in [9.17, 15) is 13.2 Å². The van der Waals surface area contributed by atoms with Crippen molar-refractivity contribution in [2.45, 2.75) is 18.4 Å². The third kappa shape index (κ3) is 4.96. The molecule has 0 radical (unpaired) electrons. The van der Waals surface area contributed by atoms with Gasteiger partial charge in [0, 0.05) is 29.5 Å². The number of hydrogen-bond donors (Lipinski definition) is 1. The number of aromatic nitrogens is 2. The quantitative estimate of drug-likeness (QED) is 0.574. The van der Waals surface area contributed by atoms with Gasteiger partial charge in [-0.15, -0.1) is 11.3 Å². The Bertz CT molecular complexity index is 1180. The summed E-state index contributed by atoms with van der Waals surface area (Å²) >= 11 is 7.07. The number of benzene rings is 1. The summed E-state index contributed by atoms with van der Waals surface area (Å²) in [7, 11) is -3.76. The van der Waals surface area contributed by atoms with Gasteiger partial charge in [0.05, 0.1) is 23.0 Å². The minimum atomic E-state index is -3.76. The van der Waals surface area contributed by atoms with Crippen LogP contribution in [0.3, 0.4) is 0 Å². The van der Waals surface area contributed by atoms with Crippen molar-refractivity contribution in [2.75, 3.05) is 26.3 Å². The van der Waals surface area contributed by atoms with Gasteiger partial charge < -0.3 is 14.2 Å². The molecule has 0 bridgehead atoms. The minimum absolute atomic E-state index is 0.129. The number of carbonyl (C=O) groups excluding carboxylic acids is 1. The highest BCUT2D eigenvalue weighted by Crippen LogP contribution is 2.32. The molecular formula is C19H19ClN4O5S2. The average molecular weight is 483 g/mol. The maximum atomic E-state index is 12.8. The third-order valence-electron chi connectivity index (χ3n) is 4.67. The fraction of sp³-hybridized carbons (Fsp3) is 0.316. The number of morpholine rings is 1. The van der Waals surface area contributed by atoms with E-state index in [0.29, 0.717) is 41.1 Å². The Morgan fingerprint density at radius 3 is 2.68 bits per heavy atom. The van der Waals surface area contributed by atoms with Gasteiger partial charge in [0.15, 0.2) is 0 Å². The monoisotopic (exact) mass is 482 g/mol. The average Bonchev–Trinajstić information content (AvgIpc) is 3.41. The van der Waals surface area contributed by atoms with Gasteiger partial charge >= 0.3 is 11.8 Å². The van der Waals surface area contributed by atoms with E-state index >= 15 is 0 Å². The smallest absolute Gasteiger partial charge is 0.316 e. The van der Waals surface area contributed by atoms with Crippen LogP contribution in [0.25, 0.3) is 10.7 Å². The number of sulfonamides is 1. The predicted molar refractivity (Wildman–Crippen MR) is 115 cm³/mol. The van der Waals surface area contributed by atoms with Crippen molar-refractivity contribution >= 4 is 38.9 Å². The van der Waals surface area contributed by atoms with Crippen LogP contribution in [0.4, 0.5) is 0 Å². The van der Waals surface area contributed by atoms with Crippen LogP contribution in [0.15, 0.2) is 39.8 Å². The van der Waals surface area contributed by atoms with Gasteiger partial charge in [0.1, 0.15) is 0 Å². The molecule has 0 unspecified atom stereocenters. The van der Waals surface area contributed by atoms with Gasteiger partial charge in [-0.05, 0) is 30.7 Å². The number of hydrogen-bond acceptors (Lipinski definition) is 8. The maximum Gasteiger partial charge on any atom is 0.316 e. The maximum absolute atomic E-state index is 12.8. The second-order valence-electron chi connectivity index (χ2n) is 6.81. The topological polar surface area (TPSA) is 115 Å². The molecule has 9 nitrogen and oxygen atoms in total. The van der Waals surface area contributed by atoms with Crippen molar-refractivity contribution in [3.8, 4) is 10.7 Å². The molecule has 3 aromatic rings. The molecule has 1 fully saturated rings. The molecule has 1 saturated heterocycles. The van der Waals surface area contributed by atoms with Crippen LogP contribution in [0.5, 0.6) is 0 Å². The van der Waals surface area contributed by atoms with Gasteiger partial charge in [-0.25, -0.2) is 13.1 Å². The first kappa shape index (κ1) is 21.9. The SMILES string of the molecule is Cc1sc(-c2noc(C(=O)N3CCOCC3)n2)cc1S(=O)(=O)NCc1ccc(Cl)cc1. The number of thiophene rings is 1. The second-order valence-corrected chi connectivity index (χ2v) is 10.2. The summed E-state index contributed by atoms with van der Waals surface area (Å²) in [6.07, 6.45) is 0. The number of halogens is 1. The molecule has 4 rings (SSSR count). The van der Waals surface area contributed by atoms with Gasteiger partial charge in [-0.2, -0.15) is 4.98 Å². The summed E-state index contributed by atoms with van der Waals surface area (Å²) in [6, 6.07) is 8.39. The number of nitrogens with one attached hydrogen (secondary N) is 1. The van der Waals surface area contributed by atoms with Gasteiger partial charge in [-0.3, -0.25) is 4.79 Å². The Kier molecular flexibility index (Phi) is 6.39. The number of amides is 1. The number of ether oxygens (including phenoxy) is 1. The Morgan fingerprint density at radius 2 is 1.97 bits per heavy atom. The van der Waals surface area contributed by atoms with Crippen molar-refractivity contribution in [1.82, 2.24) is 19.8 Å². The molecule has 1 aromatic carbocycles. The van der Waals surface area contributed by atoms with Crippen LogP contribution in [0.2, 0.25) is 5.02 Å². The molecule has 31 heavy (non-hydrogen) atoms. The molecule has 0 atom stereocenters. The molecule has 0 spiro atoms. The number of rotatable bonds is 6. The lowest BCUT2D eigenvalue weighted by atomic mass is 10.2. The summed E-state index contributed by atoms with van der Waals surface area (Å²) in [5.41, 5.74) is 0.783. The fourth-order valence-corrected chi connectivity index (χ4v) is 5.67. The molecule has 12 heteroatoms. The van der Waals surface area contributed by atoms with E-state index in [4.69, 9.17) is 20.9 Å². The van der Waals surface area contributed by atoms with Crippen molar-refractivity contribution < 1.29 is 22.5 Å². The van der Waals surface area contributed by atoms with Gasteiger partial charge in [0.2, 0.25) is 15.8 Å². The zero-order valence-corrected chi connectivity index (χ0v) is 18.9. The standard InChI is InChI=1S/C19H19ClN4O5S2/c1-12-16(31(26,27)21-11-13-2-4-14(20)5-3-13)10-15(30-12)17-22-18(29-23-17)19(25)24-6-8-28-9-7-24/h2-5,10,21H,6-9,11H2,1H3. The molecule has 2 aromatic heterocycles. The summed E-state index contributed by atoms with van der Waals surface area (Å²) in [5.74, 6) is -0.329. The molecule has 1 N–H and O–H groups in total. The van der Waals surface area contributed by atoms with E-state index in [1.165, 1.54) is 17.4 Å². The Morgan fingerprint density at radius 1 is 1.26 bits per heavy atom. The molecule has 164 valence electrons. The van der Waals surface area contributed by atoms with Gasteiger partial charge in [0.25, 0.3) is 0 Å². The summed E-state index contributed by atoms with van der Waals surface area (Å²) in [6.45, 7) is 3.66. The summed E-state index contributed by atoms with van der Waals surface area (Å²) < 4.78 is 38.5. The van der Waals surface area contributed by atoms with Crippen molar-refractivity contribution in [3.63, 3.8) is 0 Å². The molecule has 0 aliphatic carbocycles. The third-order valence-corrected chi connectivity index (χ3v) is 7.62. The van der Waals surface area contributed by atoms with E-state index in [0.717, 1.165) is 5.56 Å². The van der Waals surface area contributed by atoms with E-state index < -0.39 is 10.0 Å². The highest BCUT2D eigenvalue weighted by atomic mass is 35.5. The van der Waals surface area contributed by atoms with Crippen molar-refractivity contribution in [2.24, 2.45) is 0 Å². The predicted octanol–water partition coefficient (Wildman–Crippen LogP) is 2.71. The summed E-state index contributed by atoms with van der Waals surface area (Å²) in [5, 5.41) is 4.44. The largest absolute Gasteiger partial charge is 0.378 e. The van der Waals surface area contributed by atoms with E-state index in [1.807, 2.05) is 0 Å². The number of carbonyl (C=O) groups is 1. The lowest BCUT2D eigenvalue weighted by molar-refractivity contribution is 0.0272. The van der Waals surface area contributed by atoms with Crippen LogP contribution in [-0.2, 0) is 21.3 Å². The lowest BCUT2D eigenvalue weighted by Gasteiger charge is -2.25. The van der Waals surface area contributed by atoms with Crippen LogP contribution in [0.1, 0.15) is 21.1 Å². The second kappa shape index (κ2) is 9.05. The first-order valence-corrected chi connectivity index (χ1v) is 12.1. The van der Waals surface area contributed by atoms with E-state index in [2.05, 4.69) is 14.9 Å².